The largest absolute Gasteiger partial charge is 0.369 e. The molecule has 0 aliphatic rings. The van der Waals surface area contributed by atoms with Crippen molar-refractivity contribution in [2.75, 3.05) is 6.54 Å². The SMILES string of the molecule is Cn1c(Cl)cnc1CNCC(N)=O. The quantitative estimate of drug-likeness (QED) is 0.701. The number of nitrogens with two attached hydrogens (primary N) is 1. The van der Waals surface area contributed by atoms with E-state index in [9.17, 15) is 4.79 Å². The van der Waals surface area contributed by atoms with E-state index in [1.54, 1.807) is 17.8 Å². The van der Waals surface area contributed by atoms with E-state index in [1.165, 1.54) is 0 Å². The molecule has 0 bridgehead atoms. The predicted octanol–water partition coefficient (Wildman–Crippen LogP) is -0.352. The molecular formula is C7H11ClN4O. The van der Waals surface area contributed by atoms with Gasteiger partial charge < -0.3 is 15.6 Å². The van der Waals surface area contributed by atoms with Crippen LogP contribution in [-0.2, 0) is 18.4 Å². The van der Waals surface area contributed by atoms with Gasteiger partial charge in [0.25, 0.3) is 0 Å². The van der Waals surface area contributed by atoms with Gasteiger partial charge in [0.1, 0.15) is 11.0 Å². The zero-order valence-electron chi connectivity index (χ0n) is 7.25. The van der Waals surface area contributed by atoms with Gasteiger partial charge in [-0.2, -0.15) is 0 Å². The van der Waals surface area contributed by atoms with Crippen LogP contribution < -0.4 is 11.1 Å². The Bertz CT molecular complexity index is 309. The van der Waals surface area contributed by atoms with Crippen molar-refractivity contribution >= 4 is 17.5 Å². The summed E-state index contributed by atoms with van der Waals surface area (Å²) in [5, 5.41) is 3.40. The van der Waals surface area contributed by atoms with Crippen LogP contribution in [0.4, 0.5) is 0 Å². The van der Waals surface area contributed by atoms with E-state index in [0.29, 0.717) is 11.7 Å². The number of halogens is 1. The molecule has 0 aromatic carbocycles. The molecule has 0 saturated carbocycles. The molecule has 1 amide bonds. The molecule has 0 radical (unpaired) electrons. The van der Waals surface area contributed by atoms with Gasteiger partial charge >= 0.3 is 0 Å². The minimum atomic E-state index is -0.389. The first-order valence-electron chi connectivity index (χ1n) is 3.76. The van der Waals surface area contributed by atoms with Crippen LogP contribution in [0.2, 0.25) is 5.15 Å². The number of amides is 1. The summed E-state index contributed by atoms with van der Waals surface area (Å²) in [5.74, 6) is 0.381. The second kappa shape index (κ2) is 4.25. The number of carbonyl (C=O) groups excluding carboxylic acids is 1. The van der Waals surface area contributed by atoms with E-state index in [-0.39, 0.29) is 12.5 Å². The summed E-state index contributed by atoms with van der Waals surface area (Å²) in [6.07, 6.45) is 1.56. The maximum absolute atomic E-state index is 10.4. The lowest BCUT2D eigenvalue weighted by Crippen LogP contribution is -2.28. The van der Waals surface area contributed by atoms with E-state index in [0.717, 1.165) is 5.82 Å². The van der Waals surface area contributed by atoms with Gasteiger partial charge in [-0.05, 0) is 0 Å². The van der Waals surface area contributed by atoms with Crippen molar-refractivity contribution in [1.82, 2.24) is 14.9 Å². The molecule has 0 saturated heterocycles. The summed E-state index contributed by atoms with van der Waals surface area (Å²) in [5.41, 5.74) is 4.95. The standard InChI is InChI=1S/C7H11ClN4O/c1-12-5(8)2-11-7(12)4-10-3-6(9)13/h2,10H,3-4H2,1H3,(H2,9,13). The summed E-state index contributed by atoms with van der Waals surface area (Å²) in [6.45, 7) is 0.622. The van der Waals surface area contributed by atoms with Crippen LogP contribution in [0.1, 0.15) is 5.82 Å². The normalized spacial score (nSPS) is 10.3. The van der Waals surface area contributed by atoms with Crippen molar-refractivity contribution in [1.29, 1.82) is 0 Å². The number of nitrogens with one attached hydrogen (secondary N) is 1. The van der Waals surface area contributed by atoms with Gasteiger partial charge in [-0.3, -0.25) is 4.79 Å². The lowest BCUT2D eigenvalue weighted by Gasteiger charge is -2.02. The third-order valence-electron chi connectivity index (χ3n) is 1.61. The summed E-state index contributed by atoms with van der Waals surface area (Å²) in [7, 11) is 1.80. The van der Waals surface area contributed by atoms with Crippen LogP contribution in [0.15, 0.2) is 6.20 Å². The van der Waals surface area contributed by atoms with Gasteiger partial charge in [0.05, 0.1) is 19.3 Å². The number of imidazole rings is 1. The number of carbonyl (C=O) groups is 1. The Morgan fingerprint density at radius 2 is 2.54 bits per heavy atom. The second-order valence-electron chi connectivity index (χ2n) is 2.63. The molecule has 0 aliphatic carbocycles. The van der Waals surface area contributed by atoms with Gasteiger partial charge in [0.15, 0.2) is 0 Å². The molecule has 72 valence electrons. The van der Waals surface area contributed by atoms with Crippen molar-refractivity contribution in [3.8, 4) is 0 Å². The average molecular weight is 203 g/mol. The number of hydrogen-bond acceptors (Lipinski definition) is 3. The van der Waals surface area contributed by atoms with Gasteiger partial charge in [0.2, 0.25) is 5.91 Å². The van der Waals surface area contributed by atoms with Crippen molar-refractivity contribution in [2.45, 2.75) is 6.54 Å². The third kappa shape index (κ3) is 2.71. The molecule has 0 atom stereocenters. The van der Waals surface area contributed by atoms with E-state index < -0.39 is 0 Å². The molecule has 1 aromatic rings. The molecule has 1 heterocycles. The maximum atomic E-state index is 10.4. The van der Waals surface area contributed by atoms with E-state index in [4.69, 9.17) is 17.3 Å². The first-order valence-corrected chi connectivity index (χ1v) is 4.14. The van der Waals surface area contributed by atoms with Crippen molar-refractivity contribution < 1.29 is 4.79 Å². The predicted molar refractivity (Wildman–Crippen MR) is 49.1 cm³/mol. The van der Waals surface area contributed by atoms with Gasteiger partial charge in [-0.25, -0.2) is 4.98 Å². The number of primary amides is 1. The van der Waals surface area contributed by atoms with Gasteiger partial charge in [-0.1, -0.05) is 11.6 Å². The average Bonchev–Trinajstić information content (AvgIpc) is 2.35. The van der Waals surface area contributed by atoms with Crippen LogP contribution in [0, 0.1) is 0 Å². The highest BCUT2D eigenvalue weighted by atomic mass is 35.5. The summed E-state index contributed by atoms with van der Waals surface area (Å²) < 4.78 is 1.73. The van der Waals surface area contributed by atoms with Crippen molar-refractivity contribution in [2.24, 2.45) is 12.8 Å². The van der Waals surface area contributed by atoms with Crippen LogP contribution in [0.5, 0.6) is 0 Å². The highest BCUT2D eigenvalue weighted by Gasteiger charge is 2.03. The molecule has 0 fully saturated rings. The minimum absolute atomic E-state index is 0.143. The van der Waals surface area contributed by atoms with Crippen molar-refractivity contribution in [3.05, 3.63) is 17.2 Å². The molecule has 0 aliphatic heterocycles. The fourth-order valence-electron chi connectivity index (χ4n) is 0.886. The Labute approximate surface area is 80.9 Å². The van der Waals surface area contributed by atoms with Crippen LogP contribution in [-0.4, -0.2) is 22.0 Å². The fourth-order valence-corrected chi connectivity index (χ4v) is 1.03. The van der Waals surface area contributed by atoms with Crippen LogP contribution in [0.3, 0.4) is 0 Å². The minimum Gasteiger partial charge on any atom is -0.369 e. The number of hydrogen-bond donors (Lipinski definition) is 2. The summed E-state index contributed by atoms with van der Waals surface area (Å²) in [4.78, 5) is 14.4. The smallest absolute Gasteiger partial charge is 0.231 e. The lowest BCUT2D eigenvalue weighted by molar-refractivity contribution is -0.117. The molecule has 0 spiro atoms. The van der Waals surface area contributed by atoms with E-state index >= 15 is 0 Å². The zero-order valence-corrected chi connectivity index (χ0v) is 8.01. The second-order valence-corrected chi connectivity index (χ2v) is 3.01. The fraction of sp³-hybridized carbons (Fsp3) is 0.429. The molecule has 1 aromatic heterocycles. The first-order chi connectivity index (χ1) is 6.11. The number of nitrogens with zero attached hydrogens (tertiary/aromatic N) is 2. The molecule has 5 nitrogen and oxygen atoms in total. The Kier molecular flexibility index (Phi) is 3.27. The van der Waals surface area contributed by atoms with E-state index in [1.807, 2.05) is 0 Å². The monoisotopic (exact) mass is 202 g/mol. The number of aromatic nitrogens is 2. The van der Waals surface area contributed by atoms with Crippen molar-refractivity contribution in [3.63, 3.8) is 0 Å². The zero-order chi connectivity index (χ0) is 9.84. The molecule has 6 heteroatoms. The highest BCUT2D eigenvalue weighted by Crippen LogP contribution is 2.08. The first kappa shape index (κ1) is 10.0. The Balaban J connectivity index is 2.45. The Morgan fingerprint density at radius 3 is 3.00 bits per heavy atom. The molecule has 1 rings (SSSR count). The summed E-state index contributed by atoms with van der Waals surface area (Å²) in [6, 6.07) is 0. The van der Waals surface area contributed by atoms with Gasteiger partial charge in [-0.15, -0.1) is 0 Å². The topological polar surface area (TPSA) is 72.9 Å². The Morgan fingerprint density at radius 1 is 1.85 bits per heavy atom. The lowest BCUT2D eigenvalue weighted by atomic mass is 10.5. The van der Waals surface area contributed by atoms with Crippen LogP contribution >= 0.6 is 11.6 Å². The third-order valence-corrected chi connectivity index (χ3v) is 1.96. The van der Waals surface area contributed by atoms with Crippen LogP contribution in [0.25, 0.3) is 0 Å². The molecule has 0 unspecified atom stereocenters. The Hall–Kier alpha value is -1.07. The highest BCUT2D eigenvalue weighted by molar-refractivity contribution is 6.29. The maximum Gasteiger partial charge on any atom is 0.231 e. The van der Waals surface area contributed by atoms with Gasteiger partial charge in [0, 0.05) is 7.05 Å². The summed E-state index contributed by atoms with van der Waals surface area (Å²) >= 11 is 5.75. The molecular weight excluding hydrogens is 192 g/mol. The van der Waals surface area contributed by atoms with E-state index in [2.05, 4.69) is 10.3 Å². The molecule has 13 heavy (non-hydrogen) atoms. The molecule has 3 N–H and O–H groups in total. The number of rotatable bonds is 4.